The standard InChI is InChI=1S/C20H26N6O/c1-3-21-20(23-15(2)11-12-16-8-5-4-6-9-16)22-14-18-24-19(26-25-18)17-10-7-13-27-17/h4-10,13,15H,3,11-12,14H2,1-2H3,(H2,21,22,23)(H,24,25,26). The SMILES string of the molecule is CCNC(=NCc1nc(-c2ccco2)n[nH]1)NC(C)CCc1ccccc1. The second-order valence-electron chi connectivity index (χ2n) is 6.35. The molecule has 3 N–H and O–H groups in total. The van der Waals surface area contributed by atoms with E-state index >= 15 is 0 Å². The van der Waals surface area contributed by atoms with Crippen LogP contribution in [0.3, 0.4) is 0 Å². The van der Waals surface area contributed by atoms with Crippen molar-refractivity contribution < 1.29 is 4.42 Å². The molecule has 27 heavy (non-hydrogen) atoms. The topological polar surface area (TPSA) is 91.1 Å². The average Bonchev–Trinajstić information content (AvgIpc) is 3.37. The molecule has 0 spiro atoms. The van der Waals surface area contributed by atoms with Crippen LogP contribution in [0.1, 0.15) is 31.7 Å². The van der Waals surface area contributed by atoms with Gasteiger partial charge in [0.1, 0.15) is 12.4 Å². The van der Waals surface area contributed by atoms with Gasteiger partial charge in [-0.25, -0.2) is 9.98 Å². The van der Waals surface area contributed by atoms with E-state index < -0.39 is 0 Å². The van der Waals surface area contributed by atoms with Crippen LogP contribution in [-0.4, -0.2) is 33.7 Å². The van der Waals surface area contributed by atoms with Gasteiger partial charge in [0.05, 0.1) is 6.26 Å². The number of aliphatic imine (C=N–C) groups is 1. The molecule has 1 atom stereocenters. The Hall–Kier alpha value is -3.09. The molecule has 0 aliphatic rings. The highest BCUT2D eigenvalue weighted by Gasteiger charge is 2.09. The van der Waals surface area contributed by atoms with E-state index in [1.807, 2.05) is 18.2 Å². The van der Waals surface area contributed by atoms with Crippen LogP contribution in [0, 0.1) is 0 Å². The maximum Gasteiger partial charge on any atom is 0.216 e. The summed E-state index contributed by atoms with van der Waals surface area (Å²) >= 11 is 0. The maximum atomic E-state index is 5.31. The molecular weight excluding hydrogens is 340 g/mol. The first-order chi connectivity index (χ1) is 13.2. The molecule has 7 nitrogen and oxygen atoms in total. The van der Waals surface area contributed by atoms with Gasteiger partial charge in [-0.15, -0.1) is 5.10 Å². The Bertz CT molecular complexity index is 825. The van der Waals surface area contributed by atoms with Crippen molar-refractivity contribution >= 4 is 5.96 Å². The first-order valence-corrected chi connectivity index (χ1v) is 9.28. The third-order valence-corrected chi connectivity index (χ3v) is 4.10. The number of rotatable bonds is 8. The summed E-state index contributed by atoms with van der Waals surface area (Å²) in [6, 6.07) is 14.5. The second kappa shape index (κ2) is 9.56. The monoisotopic (exact) mass is 366 g/mol. The van der Waals surface area contributed by atoms with Gasteiger partial charge in [-0.2, -0.15) is 0 Å². The molecule has 0 aliphatic heterocycles. The number of nitrogens with one attached hydrogen (secondary N) is 3. The number of aromatic nitrogens is 3. The summed E-state index contributed by atoms with van der Waals surface area (Å²) in [7, 11) is 0. The van der Waals surface area contributed by atoms with Crippen molar-refractivity contribution in [3.63, 3.8) is 0 Å². The molecule has 0 bridgehead atoms. The lowest BCUT2D eigenvalue weighted by molar-refractivity contribution is 0.577. The Morgan fingerprint density at radius 1 is 1.22 bits per heavy atom. The number of nitrogens with zero attached hydrogens (tertiary/aromatic N) is 3. The van der Waals surface area contributed by atoms with Crippen molar-refractivity contribution in [1.29, 1.82) is 0 Å². The predicted octanol–water partition coefficient (Wildman–Crippen LogP) is 3.14. The lowest BCUT2D eigenvalue weighted by atomic mass is 10.1. The van der Waals surface area contributed by atoms with Crippen LogP contribution in [0.5, 0.6) is 0 Å². The van der Waals surface area contributed by atoms with E-state index in [0.717, 1.165) is 25.3 Å². The fraction of sp³-hybridized carbons (Fsp3) is 0.350. The Kier molecular flexibility index (Phi) is 6.62. The highest BCUT2D eigenvalue weighted by atomic mass is 16.3. The van der Waals surface area contributed by atoms with Crippen LogP contribution in [0.4, 0.5) is 0 Å². The molecule has 3 rings (SSSR count). The molecule has 142 valence electrons. The number of aryl methyl sites for hydroxylation is 1. The summed E-state index contributed by atoms with van der Waals surface area (Å²) in [5, 5.41) is 13.8. The van der Waals surface area contributed by atoms with Crippen LogP contribution in [0.15, 0.2) is 58.1 Å². The first-order valence-electron chi connectivity index (χ1n) is 9.28. The fourth-order valence-corrected chi connectivity index (χ4v) is 2.69. The molecule has 0 radical (unpaired) electrons. The van der Waals surface area contributed by atoms with Crippen molar-refractivity contribution in [3.05, 3.63) is 60.1 Å². The number of benzene rings is 1. The molecule has 0 aliphatic carbocycles. The van der Waals surface area contributed by atoms with Gasteiger partial charge < -0.3 is 15.1 Å². The van der Waals surface area contributed by atoms with E-state index in [-0.39, 0.29) is 0 Å². The van der Waals surface area contributed by atoms with Gasteiger partial charge in [-0.05, 0) is 44.4 Å². The van der Waals surface area contributed by atoms with Crippen LogP contribution < -0.4 is 10.6 Å². The summed E-state index contributed by atoms with van der Waals surface area (Å²) < 4.78 is 5.31. The van der Waals surface area contributed by atoms with Crippen molar-refractivity contribution in [1.82, 2.24) is 25.8 Å². The van der Waals surface area contributed by atoms with Gasteiger partial charge in [-0.3, -0.25) is 5.10 Å². The third kappa shape index (κ3) is 5.70. The Labute approximate surface area is 159 Å². The van der Waals surface area contributed by atoms with Gasteiger partial charge in [0, 0.05) is 12.6 Å². The number of guanidine groups is 1. The largest absolute Gasteiger partial charge is 0.461 e. The van der Waals surface area contributed by atoms with Gasteiger partial charge in [0.25, 0.3) is 0 Å². The molecule has 0 saturated carbocycles. The van der Waals surface area contributed by atoms with Gasteiger partial charge >= 0.3 is 0 Å². The lowest BCUT2D eigenvalue weighted by Crippen LogP contribution is -2.42. The van der Waals surface area contributed by atoms with Gasteiger partial charge in [-0.1, -0.05) is 30.3 Å². The highest BCUT2D eigenvalue weighted by molar-refractivity contribution is 5.80. The van der Waals surface area contributed by atoms with Gasteiger partial charge in [0.2, 0.25) is 5.82 Å². The molecule has 3 aromatic rings. The van der Waals surface area contributed by atoms with E-state index in [9.17, 15) is 0 Å². The number of hydrogen-bond donors (Lipinski definition) is 3. The summed E-state index contributed by atoms with van der Waals surface area (Å²) in [5.41, 5.74) is 1.35. The zero-order valence-electron chi connectivity index (χ0n) is 15.8. The normalized spacial score (nSPS) is 12.7. The van der Waals surface area contributed by atoms with E-state index in [0.29, 0.717) is 30.0 Å². The Balaban J connectivity index is 1.54. The number of H-pyrrole nitrogens is 1. The van der Waals surface area contributed by atoms with Crippen molar-refractivity contribution in [2.24, 2.45) is 4.99 Å². The van der Waals surface area contributed by atoms with Crippen LogP contribution in [0.25, 0.3) is 11.6 Å². The zero-order chi connectivity index (χ0) is 18.9. The van der Waals surface area contributed by atoms with E-state index in [1.165, 1.54) is 5.56 Å². The molecule has 0 saturated heterocycles. The molecular formula is C20H26N6O. The molecule has 1 aromatic carbocycles. The molecule has 0 amide bonds. The molecule has 1 unspecified atom stereocenters. The van der Waals surface area contributed by atoms with E-state index in [1.54, 1.807) is 6.26 Å². The smallest absolute Gasteiger partial charge is 0.216 e. The Morgan fingerprint density at radius 3 is 2.81 bits per heavy atom. The minimum Gasteiger partial charge on any atom is -0.461 e. The van der Waals surface area contributed by atoms with E-state index in [2.05, 4.69) is 68.9 Å². The van der Waals surface area contributed by atoms with Crippen LogP contribution >= 0.6 is 0 Å². The zero-order valence-corrected chi connectivity index (χ0v) is 15.8. The summed E-state index contributed by atoms with van der Waals surface area (Å²) in [5.74, 6) is 2.64. The average molecular weight is 366 g/mol. The summed E-state index contributed by atoms with van der Waals surface area (Å²) in [6.07, 6.45) is 3.66. The summed E-state index contributed by atoms with van der Waals surface area (Å²) in [4.78, 5) is 9.02. The maximum absolute atomic E-state index is 5.31. The molecule has 2 aromatic heterocycles. The Morgan fingerprint density at radius 2 is 2.07 bits per heavy atom. The van der Waals surface area contributed by atoms with Gasteiger partial charge in [0.15, 0.2) is 11.7 Å². The minimum atomic E-state index is 0.302. The van der Waals surface area contributed by atoms with Crippen molar-refractivity contribution in [3.8, 4) is 11.6 Å². The predicted molar refractivity (Wildman–Crippen MR) is 106 cm³/mol. The number of aromatic amines is 1. The highest BCUT2D eigenvalue weighted by Crippen LogP contribution is 2.14. The summed E-state index contributed by atoms with van der Waals surface area (Å²) in [6.45, 7) is 5.42. The number of hydrogen-bond acceptors (Lipinski definition) is 4. The first kappa shape index (κ1) is 18.7. The second-order valence-corrected chi connectivity index (χ2v) is 6.35. The molecule has 0 fully saturated rings. The third-order valence-electron chi connectivity index (χ3n) is 4.10. The minimum absolute atomic E-state index is 0.302. The van der Waals surface area contributed by atoms with Crippen molar-refractivity contribution in [2.75, 3.05) is 6.54 Å². The quantitative estimate of drug-likeness (QED) is 0.421. The van der Waals surface area contributed by atoms with Crippen molar-refractivity contribution in [2.45, 2.75) is 39.3 Å². The van der Waals surface area contributed by atoms with Crippen LogP contribution in [0.2, 0.25) is 0 Å². The number of furan rings is 1. The lowest BCUT2D eigenvalue weighted by Gasteiger charge is -2.17. The van der Waals surface area contributed by atoms with Crippen LogP contribution in [-0.2, 0) is 13.0 Å². The fourth-order valence-electron chi connectivity index (χ4n) is 2.69. The molecule has 7 heteroatoms. The van der Waals surface area contributed by atoms with E-state index in [4.69, 9.17) is 4.42 Å². The molecule has 2 heterocycles.